The third-order valence-corrected chi connectivity index (χ3v) is 17.1. The average Bonchev–Trinajstić information content (AvgIpc) is 4.45. The van der Waals surface area contributed by atoms with Crippen molar-refractivity contribution in [2.75, 3.05) is 17.8 Å². The number of thiophene rings is 5. The molecule has 0 fully saturated rings. The van der Waals surface area contributed by atoms with Gasteiger partial charge >= 0.3 is 41.5 Å². The third-order valence-electron chi connectivity index (χ3n) is 12.3. The Morgan fingerprint density at radius 2 is 1.10 bits per heavy atom. The molecule has 0 atom stereocenters. The Kier molecular flexibility index (Phi) is 34.2. The normalized spacial score (nSPS) is 11.9. The number of aryl methyl sites for hydroxylation is 3. The summed E-state index contributed by atoms with van der Waals surface area (Å²) in [5.74, 6) is -2.24. The van der Waals surface area contributed by atoms with Gasteiger partial charge in [0.2, 0.25) is 5.24 Å². The van der Waals surface area contributed by atoms with E-state index in [1.165, 1.54) is 41.4 Å². The van der Waals surface area contributed by atoms with Crippen LogP contribution in [0.3, 0.4) is 0 Å². The monoisotopic (exact) mass is 1280 g/mol. The maximum Gasteiger partial charge on any atom is 1.00 e. The third kappa shape index (κ3) is 23.4. The number of pyridine rings is 1. The molecule has 2 aliphatic carbocycles. The Morgan fingerprint density at radius 1 is 0.631 bits per heavy atom. The predicted molar refractivity (Wildman–Crippen MR) is 337 cm³/mol. The number of Topliss-reactive ketones (excluding diaryl/α,β-unsaturated/α-hetero) is 4. The minimum atomic E-state index is -1.11. The van der Waals surface area contributed by atoms with Crippen LogP contribution in [0.1, 0.15) is 127 Å². The molecule has 442 valence electrons. The van der Waals surface area contributed by atoms with E-state index in [4.69, 9.17) is 28.2 Å². The largest absolute Gasteiger partial charge is 1.00 e. The first-order valence-electron chi connectivity index (χ1n) is 25.4. The Bertz CT molecular complexity index is 3340. The summed E-state index contributed by atoms with van der Waals surface area (Å²) in [5, 5.41) is 32.8. The first kappa shape index (κ1) is 74.6. The number of amides is 1. The summed E-state index contributed by atoms with van der Waals surface area (Å²) in [6, 6.07) is 26.8. The number of halogens is 2. The first-order valence-corrected chi connectivity index (χ1v) is 30.7. The number of hydrogen-bond acceptors (Lipinski definition) is 17. The van der Waals surface area contributed by atoms with Gasteiger partial charge in [-0.15, -0.1) is 68.3 Å². The quantitative estimate of drug-likeness (QED) is 0.0302. The number of aromatic hydroxyl groups is 1. The Labute approximate surface area is 542 Å². The van der Waals surface area contributed by atoms with Crippen molar-refractivity contribution in [1.29, 1.82) is 0 Å². The fraction of sp³-hybridized carbons (Fsp3) is 0.306. The van der Waals surface area contributed by atoms with Crippen molar-refractivity contribution in [2.45, 2.75) is 112 Å². The number of carboxylic acid groups (broad SMARTS) is 1. The number of carboxylic acids is 1. The van der Waals surface area contributed by atoms with Gasteiger partial charge in [0.1, 0.15) is 18.0 Å². The van der Waals surface area contributed by atoms with Crippen molar-refractivity contribution in [3.8, 4) is 5.75 Å². The number of nitrogens with one attached hydrogen (secondary N) is 1. The van der Waals surface area contributed by atoms with Crippen LogP contribution in [-0.2, 0) is 91.3 Å². The summed E-state index contributed by atoms with van der Waals surface area (Å²) < 4.78 is 4.57. The van der Waals surface area contributed by atoms with Crippen LogP contribution in [0.15, 0.2) is 112 Å². The van der Waals surface area contributed by atoms with Gasteiger partial charge < -0.3 is 25.7 Å². The number of esters is 1. The molecule has 7 heterocycles. The van der Waals surface area contributed by atoms with Crippen LogP contribution >= 0.6 is 79.9 Å². The molecule has 1 aliphatic heterocycles. The van der Waals surface area contributed by atoms with Crippen LogP contribution in [0.25, 0.3) is 10.9 Å². The summed E-state index contributed by atoms with van der Waals surface area (Å²) in [5.41, 5.74) is 7.37. The Balaban J connectivity index is 0.000000355. The SMILES string of the molecule is C.C.CC(=O)Cc1cccs1.CC(=O)OCC(=O)Cc1cccs1.O=C(CCl)Cc1cccs1.O=C(Cl)Cc1cccs1.O=C(O)c1c(O)c(Cc2cccs2)nc2c3c(ccc12)CCCC3.O=C1Nc2c(ccc3c2CCCC3)C1=O.[Na+].[OH-]. The molecular weight excluding hydrogens is 1220 g/mol. The number of rotatable bonds is 14. The van der Waals surface area contributed by atoms with Crippen molar-refractivity contribution in [2.24, 2.45) is 0 Å². The second-order valence-corrected chi connectivity index (χ2v) is 24.2. The van der Waals surface area contributed by atoms with Crippen molar-refractivity contribution in [3.05, 3.63) is 175 Å². The fourth-order valence-corrected chi connectivity index (χ4v) is 12.6. The predicted octanol–water partition coefficient (Wildman–Crippen LogP) is 11.4. The zero-order valence-corrected chi connectivity index (χ0v) is 52.9. The summed E-state index contributed by atoms with van der Waals surface area (Å²) in [6.07, 6.45) is 10.8. The van der Waals surface area contributed by atoms with Gasteiger partial charge in [-0.2, -0.15) is 0 Å². The van der Waals surface area contributed by atoms with Crippen molar-refractivity contribution in [1.82, 2.24) is 4.98 Å². The number of aromatic nitrogens is 1. The molecule has 84 heavy (non-hydrogen) atoms. The summed E-state index contributed by atoms with van der Waals surface area (Å²) in [7, 11) is 0. The number of nitrogens with zero attached hydrogens (tertiary/aromatic N) is 1. The van der Waals surface area contributed by atoms with Gasteiger partial charge in [0, 0.05) is 62.4 Å². The number of carbonyl (C=O) groups excluding carboxylic acids is 7. The van der Waals surface area contributed by atoms with E-state index in [0.717, 1.165) is 86.1 Å². The van der Waals surface area contributed by atoms with Crippen molar-refractivity contribution in [3.63, 3.8) is 0 Å². The number of ether oxygens (including phenoxy) is 1. The van der Waals surface area contributed by atoms with E-state index in [9.17, 15) is 48.6 Å². The molecule has 0 saturated heterocycles. The van der Waals surface area contributed by atoms with E-state index in [-0.39, 0.29) is 96.3 Å². The molecule has 6 aromatic heterocycles. The van der Waals surface area contributed by atoms with Crippen LogP contribution in [-0.4, -0.2) is 79.4 Å². The number of carbonyl (C=O) groups is 8. The van der Waals surface area contributed by atoms with E-state index in [2.05, 4.69) is 10.1 Å². The molecule has 14 nitrogen and oxygen atoms in total. The van der Waals surface area contributed by atoms with Crippen LogP contribution in [0.4, 0.5) is 5.69 Å². The van der Waals surface area contributed by atoms with Gasteiger partial charge in [0.15, 0.2) is 17.3 Å². The number of ketones is 4. The van der Waals surface area contributed by atoms with Crippen molar-refractivity contribution < 1.29 is 88.3 Å². The molecule has 0 saturated carbocycles. The second kappa shape index (κ2) is 38.5. The van der Waals surface area contributed by atoms with E-state index in [0.29, 0.717) is 48.7 Å². The molecule has 1 amide bonds. The molecular formula is C62H67Cl2N2NaO12S5. The topological polar surface area (TPSA) is 241 Å². The average molecular weight is 1290 g/mol. The molecule has 2 aromatic carbocycles. The van der Waals surface area contributed by atoms with Crippen LogP contribution < -0.4 is 34.9 Å². The minimum Gasteiger partial charge on any atom is -0.870 e. The summed E-state index contributed by atoms with van der Waals surface area (Å²) in [4.78, 5) is 97.6. The van der Waals surface area contributed by atoms with Gasteiger partial charge in [-0.1, -0.05) is 63.4 Å². The molecule has 3 aliphatic rings. The van der Waals surface area contributed by atoms with Crippen LogP contribution in [0, 0.1) is 0 Å². The molecule has 0 spiro atoms. The van der Waals surface area contributed by atoms with Gasteiger partial charge in [0.25, 0.3) is 11.7 Å². The van der Waals surface area contributed by atoms with Gasteiger partial charge in [-0.3, -0.25) is 33.6 Å². The van der Waals surface area contributed by atoms with E-state index in [1.54, 1.807) is 64.4 Å². The molecule has 0 radical (unpaired) electrons. The first-order chi connectivity index (χ1) is 38.5. The maximum atomic E-state index is 11.8. The van der Waals surface area contributed by atoms with E-state index < -0.39 is 23.6 Å². The minimum absolute atomic E-state index is 0. The van der Waals surface area contributed by atoms with Crippen LogP contribution in [0.2, 0.25) is 0 Å². The Hall–Kier alpha value is -5.55. The zero-order chi connectivity index (χ0) is 57.6. The smallest absolute Gasteiger partial charge is 0.870 e. The van der Waals surface area contributed by atoms with Gasteiger partial charge in [0.05, 0.1) is 34.8 Å². The zero-order valence-electron chi connectivity index (χ0n) is 45.3. The summed E-state index contributed by atoms with van der Waals surface area (Å²) in [6.45, 7) is 2.78. The number of anilines is 1. The number of alkyl halides is 1. The molecule has 0 bridgehead atoms. The number of hydrogen-bond donors (Lipinski definition) is 3. The summed E-state index contributed by atoms with van der Waals surface area (Å²) >= 11 is 18.3. The van der Waals surface area contributed by atoms with Crippen molar-refractivity contribution >= 4 is 143 Å². The Morgan fingerprint density at radius 3 is 1.57 bits per heavy atom. The molecule has 22 heteroatoms. The standard InChI is InChI=1S/C19H17NO3S.C12H11NO2.C9H10O3S.C7H7ClOS.C7H8OS.C6H5ClOS.2CH4.Na.H2O/c21-18-15(10-12-5-3-9-24-12)20-17-13-6-2-1-4-11(13)7-8-14(17)16(18)19(22)23;14-11-9-6-5-7-3-1-2-4-8(7)10(9)13-12(11)15;1-7(10)12-6-8(11)5-9-3-2-4-13-9;8-5-6(9)4-7-2-1-3-10-7;1-6(8)5-7-3-2-4-9-7;7-6(8)4-5-2-1-3-9-5;;;;/h3,5,7-9,21H,1-2,4,6,10H2,(H,22,23);5-6H,1-4H2,(H,13,14,15);2-4H,5-6H2,1H3;1-3H,4-5H2;2-4H,5H2,1H3;1-3H,4H2;2*1H4;;1H2/q;;;;;;;;+1;/p-1. The van der Waals surface area contributed by atoms with Crippen LogP contribution in [0.5, 0.6) is 5.75 Å². The molecule has 8 aromatic rings. The second-order valence-electron chi connectivity index (χ2n) is 18.3. The van der Waals surface area contributed by atoms with E-state index >= 15 is 0 Å². The number of aromatic carboxylic acids is 1. The van der Waals surface area contributed by atoms with E-state index in [1.807, 2.05) is 99.7 Å². The number of fused-ring (bicyclic) bond motifs is 6. The fourth-order valence-electron chi connectivity index (χ4n) is 8.67. The van der Waals surface area contributed by atoms with Gasteiger partial charge in [-0.25, -0.2) is 9.78 Å². The van der Waals surface area contributed by atoms with Gasteiger partial charge in [-0.05, 0) is 155 Å². The molecule has 11 rings (SSSR count). The molecule has 0 unspecified atom stereocenters. The molecule has 4 N–H and O–H groups in total. The number of benzene rings is 2. The maximum absolute atomic E-state index is 11.8.